The quantitative estimate of drug-likeness (QED) is 0.925. The molecule has 20 heavy (non-hydrogen) atoms. The standard InChI is InChI=1S/C15H22N2O2S/c18-15(14-2-1-8-19-14)16-10-12-3-6-17(7-4-12)13-5-9-20-11-13/h1-2,8,12-13H,3-7,9-11H2,(H,16,18)/t13-/m0/s1. The summed E-state index contributed by atoms with van der Waals surface area (Å²) in [6, 6.07) is 4.25. The minimum Gasteiger partial charge on any atom is -0.459 e. The number of nitrogens with zero attached hydrogens (tertiary/aromatic N) is 1. The summed E-state index contributed by atoms with van der Waals surface area (Å²) < 4.78 is 5.10. The number of carbonyl (C=O) groups is 1. The normalized spacial score (nSPS) is 24.9. The number of hydrogen-bond acceptors (Lipinski definition) is 4. The van der Waals surface area contributed by atoms with Crippen molar-refractivity contribution in [2.45, 2.75) is 25.3 Å². The lowest BCUT2D eigenvalue weighted by Crippen LogP contribution is -2.43. The number of carbonyl (C=O) groups excluding carboxylic acids is 1. The fraction of sp³-hybridized carbons (Fsp3) is 0.667. The number of piperidine rings is 1. The Bertz CT molecular complexity index is 421. The second-order valence-electron chi connectivity index (χ2n) is 5.68. The topological polar surface area (TPSA) is 45.5 Å². The highest BCUT2D eigenvalue weighted by Crippen LogP contribution is 2.26. The molecule has 2 aliphatic heterocycles. The Kier molecular flexibility index (Phi) is 4.68. The molecule has 1 atom stereocenters. The van der Waals surface area contributed by atoms with Crippen LogP contribution in [-0.2, 0) is 0 Å². The van der Waals surface area contributed by atoms with Crippen LogP contribution >= 0.6 is 11.8 Å². The van der Waals surface area contributed by atoms with Crippen LogP contribution in [0.25, 0.3) is 0 Å². The molecule has 0 bridgehead atoms. The molecule has 1 amide bonds. The Labute approximate surface area is 124 Å². The summed E-state index contributed by atoms with van der Waals surface area (Å²) in [6.45, 7) is 3.14. The summed E-state index contributed by atoms with van der Waals surface area (Å²) in [5, 5.41) is 2.98. The number of rotatable bonds is 4. The maximum Gasteiger partial charge on any atom is 0.286 e. The molecule has 2 fully saturated rings. The van der Waals surface area contributed by atoms with Crippen molar-refractivity contribution in [2.75, 3.05) is 31.1 Å². The number of furan rings is 1. The fourth-order valence-electron chi connectivity index (χ4n) is 3.06. The number of hydrogen-bond donors (Lipinski definition) is 1. The zero-order valence-electron chi connectivity index (χ0n) is 11.7. The number of amides is 1. The van der Waals surface area contributed by atoms with Gasteiger partial charge in [0.1, 0.15) is 0 Å². The van der Waals surface area contributed by atoms with Crippen LogP contribution in [0.15, 0.2) is 22.8 Å². The van der Waals surface area contributed by atoms with E-state index in [1.807, 2.05) is 0 Å². The van der Waals surface area contributed by atoms with E-state index in [-0.39, 0.29) is 5.91 Å². The van der Waals surface area contributed by atoms with Crippen LogP contribution in [0.5, 0.6) is 0 Å². The summed E-state index contributed by atoms with van der Waals surface area (Å²) in [5.41, 5.74) is 0. The van der Waals surface area contributed by atoms with Gasteiger partial charge in [-0.15, -0.1) is 0 Å². The lowest BCUT2D eigenvalue weighted by atomic mass is 9.95. The van der Waals surface area contributed by atoms with Gasteiger partial charge < -0.3 is 9.73 Å². The molecule has 0 aromatic carbocycles. The number of likely N-dealkylation sites (tertiary alicyclic amines) is 1. The van der Waals surface area contributed by atoms with E-state index in [0.29, 0.717) is 11.7 Å². The molecule has 0 radical (unpaired) electrons. The first-order chi connectivity index (χ1) is 9.83. The lowest BCUT2D eigenvalue weighted by Gasteiger charge is -2.35. The third-order valence-corrected chi connectivity index (χ3v) is 5.51. The Balaban J connectivity index is 1.39. The molecule has 1 aromatic heterocycles. The van der Waals surface area contributed by atoms with Gasteiger partial charge in [-0.3, -0.25) is 9.69 Å². The zero-order chi connectivity index (χ0) is 13.8. The summed E-state index contributed by atoms with van der Waals surface area (Å²) in [4.78, 5) is 14.4. The fourth-order valence-corrected chi connectivity index (χ4v) is 4.32. The molecule has 3 heterocycles. The molecule has 2 saturated heterocycles. The Hall–Kier alpha value is -0.940. The van der Waals surface area contributed by atoms with E-state index in [9.17, 15) is 4.79 Å². The first-order valence-corrected chi connectivity index (χ1v) is 8.62. The third-order valence-electron chi connectivity index (χ3n) is 4.37. The summed E-state index contributed by atoms with van der Waals surface area (Å²) in [5.74, 6) is 3.55. The molecule has 1 aromatic rings. The molecule has 1 N–H and O–H groups in total. The zero-order valence-corrected chi connectivity index (χ0v) is 12.5. The van der Waals surface area contributed by atoms with Crippen LogP contribution < -0.4 is 5.32 Å². The molecule has 0 unspecified atom stereocenters. The van der Waals surface area contributed by atoms with Crippen LogP contribution in [0, 0.1) is 5.92 Å². The molecule has 5 heteroatoms. The molecule has 2 aliphatic rings. The van der Waals surface area contributed by atoms with Gasteiger partial charge in [0.2, 0.25) is 0 Å². The van der Waals surface area contributed by atoms with E-state index >= 15 is 0 Å². The van der Waals surface area contributed by atoms with Crippen molar-refractivity contribution in [3.63, 3.8) is 0 Å². The van der Waals surface area contributed by atoms with Crippen molar-refractivity contribution in [1.82, 2.24) is 10.2 Å². The number of thioether (sulfide) groups is 1. The predicted octanol–water partition coefficient (Wildman–Crippen LogP) is 2.23. The number of nitrogens with one attached hydrogen (secondary N) is 1. The van der Waals surface area contributed by atoms with Crippen molar-refractivity contribution in [1.29, 1.82) is 0 Å². The first kappa shape index (κ1) is 14.0. The first-order valence-electron chi connectivity index (χ1n) is 7.46. The maximum atomic E-state index is 11.8. The molecular formula is C15H22N2O2S. The smallest absolute Gasteiger partial charge is 0.286 e. The average Bonchev–Trinajstić information content (AvgIpc) is 3.18. The van der Waals surface area contributed by atoms with Gasteiger partial charge >= 0.3 is 0 Å². The average molecular weight is 294 g/mol. The summed E-state index contributed by atoms with van der Waals surface area (Å²) in [6.07, 6.45) is 5.27. The third kappa shape index (κ3) is 3.38. The minimum atomic E-state index is -0.0929. The van der Waals surface area contributed by atoms with Gasteiger partial charge in [0.25, 0.3) is 5.91 Å². The van der Waals surface area contributed by atoms with E-state index in [1.165, 1.54) is 50.1 Å². The predicted molar refractivity (Wildman–Crippen MR) is 81.1 cm³/mol. The molecule has 3 rings (SSSR count). The summed E-state index contributed by atoms with van der Waals surface area (Å²) >= 11 is 2.08. The van der Waals surface area contributed by atoms with Gasteiger partial charge in [0.05, 0.1) is 6.26 Å². The monoisotopic (exact) mass is 294 g/mol. The Morgan fingerprint density at radius 2 is 2.25 bits per heavy atom. The largest absolute Gasteiger partial charge is 0.459 e. The van der Waals surface area contributed by atoms with Crippen LogP contribution in [-0.4, -0.2) is 48.0 Å². The molecular weight excluding hydrogens is 272 g/mol. The highest BCUT2D eigenvalue weighted by molar-refractivity contribution is 7.99. The van der Waals surface area contributed by atoms with E-state index in [2.05, 4.69) is 22.0 Å². The van der Waals surface area contributed by atoms with Gasteiger partial charge in [-0.1, -0.05) is 0 Å². The molecule has 0 spiro atoms. The van der Waals surface area contributed by atoms with E-state index in [4.69, 9.17) is 4.42 Å². The van der Waals surface area contributed by atoms with Crippen molar-refractivity contribution in [3.8, 4) is 0 Å². The van der Waals surface area contributed by atoms with Gasteiger partial charge in [-0.2, -0.15) is 11.8 Å². The van der Waals surface area contributed by atoms with Gasteiger partial charge in [-0.25, -0.2) is 0 Å². The molecule has 0 aliphatic carbocycles. The van der Waals surface area contributed by atoms with E-state index in [0.717, 1.165) is 12.6 Å². The second kappa shape index (κ2) is 6.68. The van der Waals surface area contributed by atoms with Crippen LogP contribution in [0.4, 0.5) is 0 Å². The second-order valence-corrected chi connectivity index (χ2v) is 6.83. The minimum absolute atomic E-state index is 0.0929. The molecule has 110 valence electrons. The SMILES string of the molecule is O=C(NCC1CCN([C@H]2CCSC2)CC1)c1ccco1. The van der Waals surface area contributed by atoms with Gasteiger partial charge in [0.15, 0.2) is 5.76 Å². The van der Waals surface area contributed by atoms with Crippen molar-refractivity contribution in [3.05, 3.63) is 24.2 Å². The van der Waals surface area contributed by atoms with Crippen molar-refractivity contribution < 1.29 is 9.21 Å². The Morgan fingerprint density at radius 3 is 2.90 bits per heavy atom. The van der Waals surface area contributed by atoms with Gasteiger partial charge in [-0.05, 0) is 56.2 Å². The lowest BCUT2D eigenvalue weighted by molar-refractivity contribution is 0.0901. The van der Waals surface area contributed by atoms with Gasteiger partial charge in [0, 0.05) is 18.3 Å². The van der Waals surface area contributed by atoms with E-state index < -0.39 is 0 Å². The van der Waals surface area contributed by atoms with Crippen LogP contribution in [0.1, 0.15) is 29.8 Å². The molecule has 4 nitrogen and oxygen atoms in total. The highest BCUT2D eigenvalue weighted by atomic mass is 32.2. The summed E-state index contributed by atoms with van der Waals surface area (Å²) in [7, 11) is 0. The Morgan fingerprint density at radius 1 is 1.40 bits per heavy atom. The van der Waals surface area contributed by atoms with Crippen molar-refractivity contribution in [2.24, 2.45) is 5.92 Å². The van der Waals surface area contributed by atoms with Crippen LogP contribution in [0.2, 0.25) is 0 Å². The van der Waals surface area contributed by atoms with Crippen molar-refractivity contribution >= 4 is 17.7 Å². The van der Waals surface area contributed by atoms with Crippen LogP contribution in [0.3, 0.4) is 0 Å². The maximum absolute atomic E-state index is 11.8. The van der Waals surface area contributed by atoms with E-state index in [1.54, 1.807) is 12.1 Å². The highest BCUT2D eigenvalue weighted by Gasteiger charge is 2.27. The molecule has 0 saturated carbocycles.